The quantitative estimate of drug-likeness (QED) is 0.164. The molecule has 0 fully saturated rings. The fraction of sp³-hybridized carbons (Fsp3) is 0.0400. The van der Waals surface area contributed by atoms with Crippen LogP contribution in [0.4, 0.5) is 17.1 Å². The Bertz CT molecular complexity index is 2650. The summed E-state index contributed by atoms with van der Waals surface area (Å²) < 4.78 is 2.44. The third-order valence-corrected chi connectivity index (χ3v) is 10.4. The fourth-order valence-electron chi connectivity index (χ4n) is 7.71. The average Bonchev–Trinajstić information content (AvgIpc) is 3.48. The van der Waals surface area contributed by atoms with E-state index >= 15 is 0 Å². The van der Waals surface area contributed by atoms with E-state index in [2.05, 4.69) is 217 Å². The second kappa shape index (κ2) is 13.2. The maximum absolute atomic E-state index is 2.44. The lowest BCUT2D eigenvalue weighted by Crippen LogP contribution is -2.11. The molecule has 2 heteroatoms. The molecule has 9 rings (SSSR count). The number of anilines is 3. The van der Waals surface area contributed by atoms with Crippen molar-refractivity contribution in [2.75, 3.05) is 4.90 Å². The van der Waals surface area contributed by atoms with Crippen LogP contribution in [0.25, 0.3) is 60.7 Å². The zero-order valence-electron chi connectivity index (χ0n) is 29.4. The van der Waals surface area contributed by atoms with Crippen molar-refractivity contribution in [3.05, 3.63) is 205 Å². The first-order valence-electron chi connectivity index (χ1n) is 17.9. The van der Waals surface area contributed by atoms with Gasteiger partial charge in [0.25, 0.3) is 0 Å². The molecule has 1 aromatic heterocycles. The lowest BCUT2D eigenvalue weighted by molar-refractivity contribution is 1.04. The molecule has 0 atom stereocenters. The van der Waals surface area contributed by atoms with Crippen molar-refractivity contribution in [3.8, 4) is 39.1 Å². The molecule has 52 heavy (non-hydrogen) atoms. The van der Waals surface area contributed by atoms with Crippen LogP contribution < -0.4 is 4.90 Å². The second-order valence-electron chi connectivity index (χ2n) is 13.5. The molecule has 2 nitrogen and oxygen atoms in total. The zero-order chi connectivity index (χ0) is 35.0. The summed E-state index contributed by atoms with van der Waals surface area (Å²) in [5.74, 6) is 0. The van der Waals surface area contributed by atoms with E-state index in [4.69, 9.17) is 0 Å². The summed E-state index contributed by atoms with van der Waals surface area (Å²) in [5.41, 5.74) is 15.5. The third kappa shape index (κ3) is 5.55. The molecule has 1 heterocycles. The summed E-state index contributed by atoms with van der Waals surface area (Å²) in [6, 6.07) is 70.1. The van der Waals surface area contributed by atoms with Crippen LogP contribution in [-0.2, 0) is 0 Å². The van der Waals surface area contributed by atoms with E-state index in [9.17, 15) is 0 Å². The highest BCUT2D eigenvalue weighted by Crippen LogP contribution is 2.45. The number of hydrogen-bond donors (Lipinski definition) is 0. The highest BCUT2D eigenvalue weighted by Gasteiger charge is 2.22. The Morgan fingerprint density at radius 1 is 0.385 bits per heavy atom. The van der Waals surface area contributed by atoms with Crippen molar-refractivity contribution in [1.29, 1.82) is 0 Å². The van der Waals surface area contributed by atoms with E-state index in [1.54, 1.807) is 0 Å². The van der Waals surface area contributed by atoms with Gasteiger partial charge in [0.2, 0.25) is 0 Å². The second-order valence-corrected chi connectivity index (χ2v) is 13.5. The summed E-state index contributed by atoms with van der Waals surface area (Å²) in [6.45, 7) is 4.51. The van der Waals surface area contributed by atoms with Crippen molar-refractivity contribution >= 4 is 38.7 Å². The number of hydrogen-bond acceptors (Lipinski definition) is 1. The Hall–Kier alpha value is -6.64. The molecule has 9 aromatic rings. The first-order valence-corrected chi connectivity index (χ1v) is 17.9. The van der Waals surface area contributed by atoms with Crippen LogP contribution in [0, 0.1) is 13.8 Å². The SMILES string of the molecule is Cc1c(C)n(-c2ccc(-c3ccccc3)cc2)c2cc(N(c3ccc(-c4ccccc4)cc3)c3cccc(-c4ccccc4)c3)c3ccccc3c12. The Labute approximate surface area is 305 Å². The molecular weight excluding hydrogens is 629 g/mol. The molecular formula is C50H38N2. The van der Waals surface area contributed by atoms with Crippen LogP contribution in [0.15, 0.2) is 194 Å². The minimum atomic E-state index is 1.10. The van der Waals surface area contributed by atoms with Crippen molar-refractivity contribution < 1.29 is 0 Å². The molecule has 0 saturated carbocycles. The van der Waals surface area contributed by atoms with E-state index in [0.717, 1.165) is 22.7 Å². The van der Waals surface area contributed by atoms with E-state index in [0.29, 0.717) is 0 Å². The smallest absolute Gasteiger partial charge is 0.0561 e. The molecule has 0 spiro atoms. The predicted molar refractivity (Wildman–Crippen MR) is 221 cm³/mol. The number of aryl methyl sites for hydroxylation is 1. The van der Waals surface area contributed by atoms with Crippen LogP contribution >= 0.6 is 0 Å². The summed E-state index contributed by atoms with van der Waals surface area (Å²) in [7, 11) is 0. The van der Waals surface area contributed by atoms with Gasteiger partial charge in [0.05, 0.1) is 11.2 Å². The normalized spacial score (nSPS) is 11.3. The number of benzene rings is 8. The number of aromatic nitrogens is 1. The maximum atomic E-state index is 2.44. The monoisotopic (exact) mass is 666 g/mol. The molecule has 0 aliphatic carbocycles. The standard InChI is InChI=1S/C50H38N2/c1-35-36(2)51(43-29-25-40(26-30-43)37-15-6-3-7-16-37)49-34-48(46-23-12-13-24-47(46)50(35)49)52(44-31-27-41(28-32-44)38-17-8-4-9-18-38)45-22-14-21-42(33-45)39-19-10-5-11-20-39/h3-34H,1-2H3. The van der Waals surface area contributed by atoms with Gasteiger partial charge in [0.15, 0.2) is 0 Å². The molecule has 0 amide bonds. The van der Waals surface area contributed by atoms with Crippen LogP contribution in [0.2, 0.25) is 0 Å². The minimum absolute atomic E-state index is 1.10. The largest absolute Gasteiger partial charge is 0.314 e. The predicted octanol–water partition coefficient (Wildman–Crippen LogP) is 13.9. The van der Waals surface area contributed by atoms with Gasteiger partial charge in [-0.2, -0.15) is 0 Å². The molecule has 248 valence electrons. The van der Waals surface area contributed by atoms with E-state index in [1.807, 2.05) is 0 Å². The molecule has 0 N–H and O–H groups in total. The summed E-state index contributed by atoms with van der Waals surface area (Å²) in [4.78, 5) is 2.43. The van der Waals surface area contributed by atoms with Gasteiger partial charge in [-0.15, -0.1) is 0 Å². The Morgan fingerprint density at radius 2 is 0.865 bits per heavy atom. The van der Waals surface area contributed by atoms with Gasteiger partial charge in [-0.1, -0.05) is 152 Å². The van der Waals surface area contributed by atoms with Gasteiger partial charge in [-0.05, 0) is 101 Å². The van der Waals surface area contributed by atoms with Crippen LogP contribution in [-0.4, -0.2) is 4.57 Å². The summed E-state index contributed by atoms with van der Waals surface area (Å²) in [5, 5.41) is 3.76. The molecule has 0 saturated heterocycles. The van der Waals surface area contributed by atoms with Crippen LogP contribution in [0.3, 0.4) is 0 Å². The molecule has 8 aromatic carbocycles. The third-order valence-electron chi connectivity index (χ3n) is 10.4. The minimum Gasteiger partial charge on any atom is -0.314 e. The van der Waals surface area contributed by atoms with E-state index < -0.39 is 0 Å². The number of rotatable bonds is 7. The van der Waals surface area contributed by atoms with E-state index in [-0.39, 0.29) is 0 Å². The lowest BCUT2D eigenvalue weighted by atomic mass is 9.99. The van der Waals surface area contributed by atoms with Crippen molar-refractivity contribution in [3.63, 3.8) is 0 Å². The highest BCUT2D eigenvalue weighted by atomic mass is 15.1. The fourth-order valence-corrected chi connectivity index (χ4v) is 7.71. The first kappa shape index (κ1) is 31.3. The van der Waals surface area contributed by atoms with Crippen molar-refractivity contribution in [1.82, 2.24) is 4.57 Å². The number of nitrogens with zero attached hydrogens (tertiary/aromatic N) is 2. The molecule has 0 aliphatic heterocycles. The summed E-state index contributed by atoms with van der Waals surface area (Å²) >= 11 is 0. The topological polar surface area (TPSA) is 8.17 Å². The lowest BCUT2D eigenvalue weighted by Gasteiger charge is -2.28. The zero-order valence-corrected chi connectivity index (χ0v) is 29.4. The molecule has 0 radical (unpaired) electrons. The van der Waals surface area contributed by atoms with Crippen molar-refractivity contribution in [2.45, 2.75) is 13.8 Å². The van der Waals surface area contributed by atoms with E-state index in [1.165, 1.54) is 66.3 Å². The van der Waals surface area contributed by atoms with Gasteiger partial charge >= 0.3 is 0 Å². The summed E-state index contributed by atoms with van der Waals surface area (Å²) in [6.07, 6.45) is 0. The highest BCUT2D eigenvalue weighted by molar-refractivity contribution is 6.16. The Morgan fingerprint density at radius 3 is 1.46 bits per heavy atom. The van der Waals surface area contributed by atoms with Crippen molar-refractivity contribution in [2.24, 2.45) is 0 Å². The Balaban J connectivity index is 1.28. The Kier molecular flexibility index (Phi) is 7.98. The number of fused-ring (bicyclic) bond motifs is 3. The average molecular weight is 667 g/mol. The van der Waals surface area contributed by atoms with Gasteiger partial charge in [-0.3, -0.25) is 0 Å². The van der Waals surface area contributed by atoms with Crippen LogP contribution in [0.1, 0.15) is 11.3 Å². The molecule has 0 bridgehead atoms. The van der Waals surface area contributed by atoms with Crippen LogP contribution in [0.5, 0.6) is 0 Å². The maximum Gasteiger partial charge on any atom is 0.0561 e. The van der Waals surface area contributed by atoms with Gasteiger partial charge < -0.3 is 9.47 Å². The molecule has 0 unspecified atom stereocenters. The van der Waals surface area contributed by atoms with Gasteiger partial charge in [-0.25, -0.2) is 0 Å². The van der Waals surface area contributed by atoms with Gasteiger partial charge in [0, 0.05) is 33.5 Å². The first-order chi connectivity index (χ1) is 25.6. The van der Waals surface area contributed by atoms with Gasteiger partial charge in [0.1, 0.15) is 0 Å². The molecule has 0 aliphatic rings.